The number of aryl methyl sites for hydroxylation is 1. The number of hydrogen-bond donors (Lipinski definition) is 2. The molecule has 0 saturated carbocycles. The van der Waals surface area contributed by atoms with Crippen molar-refractivity contribution in [2.24, 2.45) is 5.73 Å². The van der Waals surface area contributed by atoms with E-state index in [1.54, 1.807) is 4.90 Å². The molecule has 1 heterocycles. The van der Waals surface area contributed by atoms with Gasteiger partial charge in [-0.3, -0.25) is 9.59 Å². The van der Waals surface area contributed by atoms with Crippen LogP contribution in [0.3, 0.4) is 0 Å². The van der Waals surface area contributed by atoms with Crippen molar-refractivity contribution in [3.05, 3.63) is 35.4 Å². The summed E-state index contributed by atoms with van der Waals surface area (Å²) in [5.74, 6) is -0.911. The number of carbonyl (C=O) groups excluding carboxylic acids is 2. The van der Waals surface area contributed by atoms with Gasteiger partial charge in [-0.15, -0.1) is 0 Å². The molecular formula is C16H20N2O3. The lowest BCUT2D eigenvalue weighted by Gasteiger charge is -2.29. The number of fused-ring (bicyclic) bond motifs is 1. The van der Waals surface area contributed by atoms with E-state index in [-0.39, 0.29) is 24.8 Å². The first-order valence-corrected chi connectivity index (χ1v) is 7.40. The highest BCUT2D eigenvalue weighted by atomic mass is 16.3. The second-order valence-electron chi connectivity index (χ2n) is 6.05. The molecule has 1 saturated heterocycles. The molecule has 0 aromatic heterocycles. The van der Waals surface area contributed by atoms with Gasteiger partial charge in [0.2, 0.25) is 5.91 Å². The number of hydrogen-bond acceptors (Lipinski definition) is 3. The van der Waals surface area contributed by atoms with Crippen LogP contribution in [-0.4, -0.2) is 40.5 Å². The number of likely N-dealkylation sites (tertiary alicyclic amines) is 1. The number of aliphatic hydroxyl groups is 1. The zero-order valence-electron chi connectivity index (χ0n) is 11.9. The smallest absolute Gasteiger partial charge is 0.251 e. The highest BCUT2D eigenvalue weighted by Crippen LogP contribution is 2.34. The van der Waals surface area contributed by atoms with Crippen LogP contribution in [0.1, 0.15) is 36.3 Å². The van der Waals surface area contributed by atoms with Crippen molar-refractivity contribution in [3.63, 3.8) is 0 Å². The molecule has 21 heavy (non-hydrogen) atoms. The number of benzene rings is 1. The summed E-state index contributed by atoms with van der Waals surface area (Å²) in [5.41, 5.74) is 5.97. The van der Waals surface area contributed by atoms with Crippen molar-refractivity contribution in [3.8, 4) is 0 Å². The second kappa shape index (κ2) is 5.15. The van der Waals surface area contributed by atoms with Gasteiger partial charge < -0.3 is 15.7 Å². The monoisotopic (exact) mass is 288 g/mol. The lowest BCUT2D eigenvalue weighted by Crippen LogP contribution is -2.47. The summed E-state index contributed by atoms with van der Waals surface area (Å²) in [4.78, 5) is 25.6. The predicted octanol–water partition coefficient (Wildman–Crippen LogP) is 0.555. The predicted molar refractivity (Wildman–Crippen MR) is 77.5 cm³/mol. The van der Waals surface area contributed by atoms with Crippen molar-refractivity contribution in [2.45, 2.75) is 37.2 Å². The lowest BCUT2D eigenvalue weighted by molar-refractivity contribution is -0.138. The van der Waals surface area contributed by atoms with Crippen LogP contribution in [0.4, 0.5) is 0 Å². The first-order chi connectivity index (χ1) is 10.0. The molecule has 1 fully saturated rings. The van der Waals surface area contributed by atoms with E-state index in [9.17, 15) is 14.7 Å². The minimum atomic E-state index is -1.57. The van der Waals surface area contributed by atoms with Crippen molar-refractivity contribution in [1.82, 2.24) is 4.90 Å². The summed E-state index contributed by atoms with van der Waals surface area (Å²) >= 11 is 0. The number of amides is 2. The van der Waals surface area contributed by atoms with Crippen LogP contribution >= 0.6 is 0 Å². The van der Waals surface area contributed by atoms with E-state index >= 15 is 0 Å². The summed E-state index contributed by atoms with van der Waals surface area (Å²) in [5, 5.41) is 10.1. The van der Waals surface area contributed by atoms with Crippen LogP contribution in [0, 0.1) is 0 Å². The maximum absolute atomic E-state index is 12.7. The Kier molecular flexibility index (Phi) is 3.45. The molecule has 0 unspecified atom stereocenters. The van der Waals surface area contributed by atoms with Gasteiger partial charge in [0.05, 0.1) is 12.5 Å². The van der Waals surface area contributed by atoms with E-state index in [1.807, 2.05) is 18.2 Å². The van der Waals surface area contributed by atoms with Gasteiger partial charge in [-0.2, -0.15) is 0 Å². The Labute approximate surface area is 123 Å². The molecule has 1 aliphatic carbocycles. The van der Waals surface area contributed by atoms with Crippen LogP contribution < -0.4 is 5.73 Å². The van der Waals surface area contributed by atoms with Crippen LogP contribution in [0.2, 0.25) is 0 Å². The normalized spacial score (nSPS) is 28.2. The maximum atomic E-state index is 12.7. The molecule has 3 N–H and O–H groups in total. The Morgan fingerprint density at radius 3 is 2.81 bits per heavy atom. The number of rotatable bonds is 2. The molecule has 112 valence electrons. The zero-order chi connectivity index (χ0) is 15.0. The molecule has 5 nitrogen and oxygen atoms in total. The lowest BCUT2D eigenvalue weighted by atomic mass is 9.82. The van der Waals surface area contributed by atoms with Gasteiger partial charge in [0.1, 0.15) is 0 Å². The van der Waals surface area contributed by atoms with E-state index < -0.39 is 11.5 Å². The summed E-state index contributed by atoms with van der Waals surface area (Å²) < 4.78 is 0. The third-order valence-corrected chi connectivity index (χ3v) is 4.69. The van der Waals surface area contributed by atoms with Gasteiger partial charge >= 0.3 is 0 Å². The largest absolute Gasteiger partial charge is 0.378 e. The molecule has 2 aliphatic rings. The molecule has 1 aromatic rings. The Hall–Kier alpha value is -1.88. The Morgan fingerprint density at radius 2 is 2.10 bits per heavy atom. The molecular weight excluding hydrogens is 268 g/mol. The quantitative estimate of drug-likeness (QED) is 0.834. The molecule has 1 aliphatic heterocycles. The number of carbonyl (C=O) groups is 2. The third kappa shape index (κ3) is 2.42. The average molecular weight is 288 g/mol. The van der Waals surface area contributed by atoms with Gasteiger partial charge in [0.25, 0.3) is 5.91 Å². The van der Waals surface area contributed by atoms with Gasteiger partial charge in [-0.1, -0.05) is 24.3 Å². The molecule has 0 radical (unpaired) electrons. The van der Waals surface area contributed by atoms with Crippen molar-refractivity contribution < 1.29 is 14.7 Å². The molecule has 0 spiro atoms. The Balaban J connectivity index is 1.80. The minimum absolute atomic E-state index is 0.000625. The Bertz CT molecular complexity index is 587. The SMILES string of the molecule is NC(=O)[C@@]1(O)CCN(C(=O)[C@@H]2CCCc3ccccc32)C1. The number of primary amides is 1. The zero-order valence-corrected chi connectivity index (χ0v) is 11.9. The fourth-order valence-electron chi connectivity index (χ4n) is 3.41. The van der Waals surface area contributed by atoms with E-state index in [2.05, 4.69) is 6.07 Å². The number of nitrogens with two attached hydrogens (primary N) is 1. The van der Waals surface area contributed by atoms with Crippen LogP contribution in [-0.2, 0) is 16.0 Å². The molecule has 3 rings (SSSR count). The minimum Gasteiger partial charge on any atom is -0.378 e. The highest BCUT2D eigenvalue weighted by molar-refractivity contribution is 5.88. The molecule has 1 aromatic carbocycles. The average Bonchev–Trinajstić information content (AvgIpc) is 2.90. The second-order valence-corrected chi connectivity index (χ2v) is 6.05. The molecule has 2 atom stereocenters. The van der Waals surface area contributed by atoms with Gasteiger partial charge in [-0.05, 0) is 30.4 Å². The van der Waals surface area contributed by atoms with E-state index in [4.69, 9.17) is 5.73 Å². The summed E-state index contributed by atoms with van der Waals surface area (Å²) in [6.45, 7) is 0.400. The third-order valence-electron chi connectivity index (χ3n) is 4.69. The van der Waals surface area contributed by atoms with Crippen LogP contribution in [0.15, 0.2) is 24.3 Å². The van der Waals surface area contributed by atoms with E-state index in [1.165, 1.54) is 5.56 Å². The van der Waals surface area contributed by atoms with Crippen LogP contribution in [0.25, 0.3) is 0 Å². The highest BCUT2D eigenvalue weighted by Gasteiger charge is 2.44. The molecule has 2 amide bonds. The van der Waals surface area contributed by atoms with Crippen LogP contribution in [0.5, 0.6) is 0 Å². The van der Waals surface area contributed by atoms with Crippen molar-refractivity contribution in [2.75, 3.05) is 13.1 Å². The van der Waals surface area contributed by atoms with Gasteiger partial charge in [-0.25, -0.2) is 0 Å². The fourth-order valence-corrected chi connectivity index (χ4v) is 3.41. The standard InChI is InChI=1S/C16H20N2O3/c17-15(20)16(21)8-9-18(10-16)14(19)13-7-3-5-11-4-1-2-6-12(11)13/h1-2,4,6,13,21H,3,5,7-10H2,(H2,17,20)/t13-,16-/m1/s1. The van der Waals surface area contributed by atoms with E-state index in [0.29, 0.717) is 6.54 Å². The van der Waals surface area contributed by atoms with Crippen molar-refractivity contribution >= 4 is 11.8 Å². The number of β-amino-alcohol motifs (C(OH)–C–C–N with tert-alkyl or cyclic N) is 1. The Morgan fingerprint density at radius 1 is 1.33 bits per heavy atom. The molecule has 0 bridgehead atoms. The van der Waals surface area contributed by atoms with E-state index in [0.717, 1.165) is 24.8 Å². The summed E-state index contributed by atoms with van der Waals surface area (Å²) in [6, 6.07) is 8.02. The summed E-state index contributed by atoms with van der Waals surface area (Å²) in [7, 11) is 0. The van der Waals surface area contributed by atoms with Gasteiger partial charge in [0.15, 0.2) is 5.60 Å². The summed E-state index contributed by atoms with van der Waals surface area (Å²) in [6.07, 6.45) is 3.04. The first-order valence-electron chi connectivity index (χ1n) is 7.40. The van der Waals surface area contributed by atoms with Gasteiger partial charge in [0, 0.05) is 13.0 Å². The maximum Gasteiger partial charge on any atom is 0.251 e. The number of nitrogens with zero attached hydrogens (tertiary/aromatic N) is 1. The molecule has 5 heteroatoms. The first kappa shape index (κ1) is 14.1. The van der Waals surface area contributed by atoms with Crippen molar-refractivity contribution in [1.29, 1.82) is 0 Å². The topological polar surface area (TPSA) is 83.6 Å². The fraction of sp³-hybridized carbons (Fsp3) is 0.500.